The Hall–Kier alpha value is -1.28. The van der Waals surface area contributed by atoms with Crippen molar-refractivity contribution in [3.63, 3.8) is 0 Å². The van der Waals surface area contributed by atoms with Gasteiger partial charge in [0.05, 0.1) is 17.6 Å². The third kappa shape index (κ3) is 2.12. The Morgan fingerprint density at radius 3 is 2.81 bits per heavy atom. The first-order chi connectivity index (χ1) is 7.74. The maximum Gasteiger partial charge on any atom is 0.121 e. The van der Waals surface area contributed by atoms with Crippen molar-refractivity contribution in [3.05, 3.63) is 35.0 Å². The number of nitrogens with zero attached hydrogens (tertiary/aromatic N) is 1. The molecule has 2 rings (SSSR count). The highest BCUT2D eigenvalue weighted by Gasteiger charge is 2.04. The average molecular weight is 236 g/mol. The number of halogens is 1. The molecular formula is C13H14ClNO. The van der Waals surface area contributed by atoms with Gasteiger partial charge in [0.2, 0.25) is 0 Å². The topological polar surface area (TPSA) is 22.1 Å². The summed E-state index contributed by atoms with van der Waals surface area (Å²) in [6, 6.07) is 7.70. The first-order valence-corrected chi connectivity index (χ1v) is 5.75. The average Bonchev–Trinajstić information content (AvgIpc) is 2.28. The van der Waals surface area contributed by atoms with E-state index < -0.39 is 0 Å². The van der Waals surface area contributed by atoms with E-state index in [0.29, 0.717) is 0 Å². The van der Waals surface area contributed by atoms with Crippen molar-refractivity contribution in [2.45, 2.75) is 19.8 Å². The molecule has 0 amide bonds. The van der Waals surface area contributed by atoms with Crippen molar-refractivity contribution < 1.29 is 4.74 Å². The number of aromatic nitrogens is 1. The van der Waals surface area contributed by atoms with Gasteiger partial charge in [-0.2, -0.15) is 0 Å². The van der Waals surface area contributed by atoms with E-state index >= 15 is 0 Å². The first-order valence-electron chi connectivity index (χ1n) is 5.37. The van der Waals surface area contributed by atoms with E-state index in [1.165, 1.54) is 0 Å². The van der Waals surface area contributed by atoms with Crippen LogP contribution in [0.25, 0.3) is 10.9 Å². The lowest BCUT2D eigenvalue weighted by Gasteiger charge is -2.06. The van der Waals surface area contributed by atoms with Crippen LogP contribution in [0.15, 0.2) is 24.3 Å². The molecule has 16 heavy (non-hydrogen) atoms. The van der Waals surface area contributed by atoms with Crippen molar-refractivity contribution in [1.29, 1.82) is 0 Å². The normalized spacial score (nSPS) is 10.7. The molecule has 0 saturated carbocycles. The smallest absolute Gasteiger partial charge is 0.121 e. The van der Waals surface area contributed by atoms with Crippen LogP contribution in [-0.2, 0) is 6.42 Å². The highest BCUT2D eigenvalue weighted by Crippen LogP contribution is 2.26. The Bertz CT molecular complexity index is 511. The third-order valence-electron chi connectivity index (χ3n) is 2.53. The van der Waals surface area contributed by atoms with Gasteiger partial charge in [0.15, 0.2) is 0 Å². The van der Waals surface area contributed by atoms with Crippen LogP contribution >= 0.6 is 11.6 Å². The molecule has 0 bridgehead atoms. The minimum absolute atomic E-state index is 0.760. The Morgan fingerprint density at radius 2 is 2.12 bits per heavy atom. The quantitative estimate of drug-likeness (QED) is 0.806. The number of hydrogen-bond acceptors (Lipinski definition) is 2. The van der Waals surface area contributed by atoms with Crippen LogP contribution in [0.4, 0.5) is 0 Å². The Morgan fingerprint density at radius 1 is 1.31 bits per heavy atom. The van der Waals surface area contributed by atoms with Gasteiger partial charge in [0.25, 0.3) is 0 Å². The number of aryl methyl sites for hydroxylation is 1. The van der Waals surface area contributed by atoms with Gasteiger partial charge in [0.1, 0.15) is 5.75 Å². The van der Waals surface area contributed by atoms with Gasteiger partial charge in [0, 0.05) is 17.1 Å². The Labute approximate surface area is 100 Å². The second kappa shape index (κ2) is 4.71. The molecule has 1 aromatic heterocycles. The van der Waals surface area contributed by atoms with Gasteiger partial charge in [-0.15, -0.1) is 0 Å². The van der Waals surface area contributed by atoms with Crippen LogP contribution < -0.4 is 4.74 Å². The fourth-order valence-corrected chi connectivity index (χ4v) is 2.01. The predicted octanol–water partition coefficient (Wildman–Crippen LogP) is 3.85. The van der Waals surface area contributed by atoms with Gasteiger partial charge in [-0.3, -0.25) is 4.98 Å². The van der Waals surface area contributed by atoms with Crippen molar-refractivity contribution >= 4 is 22.5 Å². The molecule has 2 nitrogen and oxygen atoms in total. The van der Waals surface area contributed by atoms with E-state index in [1.54, 1.807) is 7.11 Å². The van der Waals surface area contributed by atoms with E-state index in [-0.39, 0.29) is 0 Å². The number of fused-ring (bicyclic) bond motifs is 1. The summed E-state index contributed by atoms with van der Waals surface area (Å²) in [6.07, 6.45) is 2.02. The number of benzene rings is 1. The maximum absolute atomic E-state index is 6.21. The van der Waals surface area contributed by atoms with Crippen LogP contribution in [0, 0.1) is 0 Å². The van der Waals surface area contributed by atoms with E-state index in [1.807, 2.05) is 24.3 Å². The van der Waals surface area contributed by atoms with Crippen LogP contribution in [0.3, 0.4) is 0 Å². The van der Waals surface area contributed by atoms with Crippen molar-refractivity contribution in [3.8, 4) is 5.75 Å². The molecule has 0 N–H and O–H groups in total. The molecule has 0 fully saturated rings. The SMILES string of the molecule is CCCc1cc(Cl)c2ccc(OC)cc2n1. The fraction of sp³-hybridized carbons (Fsp3) is 0.308. The number of methoxy groups -OCH3 is 1. The van der Waals surface area contributed by atoms with Crippen LogP contribution in [-0.4, -0.2) is 12.1 Å². The predicted molar refractivity (Wildman–Crippen MR) is 67.3 cm³/mol. The lowest BCUT2D eigenvalue weighted by atomic mass is 10.1. The summed E-state index contributed by atoms with van der Waals surface area (Å²) >= 11 is 6.21. The molecule has 0 radical (unpaired) electrons. The second-order valence-electron chi connectivity index (χ2n) is 3.73. The molecule has 0 unspecified atom stereocenters. The van der Waals surface area contributed by atoms with Gasteiger partial charge in [-0.1, -0.05) is 24.9 Å². The molecule has 84 valence electrons. The summed E-state index contributed by atoms with van der Waals surface area (Å²) in [5.41, 5.74) is 1.93. The van der Waals surface area contributed by atoms with Gasteiger partial charge in [-0.05, 0) is 24.6 Å². The molecule has 0 aliphatic rings. The molecule has 0 atom stereocenters. The van der Waals surface area contributed by atoms with Crippen molar-refractivity contribution in [2.24, 2.45) is 0 Å². The number of hydrogen-bond donors (Lipinski definition) is 0. The molecule has 0 spiro atoms. The molecule has 1 aromatic carbocycles. The van der Waals surface area contributed by atoms with Crippen LogP contribution in [0.2, 0.25) is 5.02 Å². The summed E-state index contributed by atoms with van der Waals surface area (Å²) < 4.78 is 5.18. The van der Waals surface area contributed by atoms with Gasteiger partial charge >= 0.3 is 0 Å². The first kappa shape index (κ1) is 11.2. The largest absolute Gasteiger partial charge is 0.497 e. The highest BCUT2D eigenvalue weighted by molar-refractivity contribution is 6.35. The van der Waals surface area contributed by atoms with E-state index in [0.717, 1.165) is 40.2 Å². The lowest BCUT2D eigenvalue weighted by molar-refractivity contribution is 0.415. The summed E-state index contributed by atoms with van der Waals surface area (Å²) in [5, 5.41) is 1.73. The zero-order valence-electron chi connectivity index (χ0n) is 9.46. The molecule has 0 saturated heterocycles. The number of rotatable bonds is 3. The summed E-state index contributed by atoms with van der Waals surface area (Å²) in [5.74, 6) is 0.810. The van der Waals surface area contributed by atoms with E-state index in [9.17, 15) is 0 Å². The Balaban J connectivity index is 2.58. The standard InChI is InChI=1S/C13H14ClNO/c1-3-4-9-7-12(14)11-6-5-10(16-2)8-13(11)15-9/h5-8H,3-4H2,1-2H3. The summed E-state index contributed by atoms with van der Waals surface area (Å²) in [4.78, 5) is 4.57. The second-order valence-corrected chi connectivity index (χ2v) is 4.14. The van der Waals surface area contributed by atoms with Crippen LogP contribution in [0.1, 0.15) is 19.0 Å². The minimum atomic E-state index is 0.760. The summed E-state index contributed by atoms with van der Waals surface area (Å²) in [7, 11) is 1.65. The van der Waals surface area contributed by atoms with Gasteiger partial charge < -0.3 is 4.74 Å². The van der Waals surface area contributed by atoms with E-state index in [4.69, 9.17) is 16.3 Å². The Kier molecular flexibility index (Phi) is 3.30. The highest BCUT2D eigenvalue weighted by atomic mass is 35.5. The zero-order chi connectivity index (χ0) is 11.5. The van der Waals surface area contributed by atoms with Crippen LogP contribution in [0.5, 0.6) is 5.75 Å². The minimum Gasteiger partial charge on any atom is -0.497 e. The third-order valence-corrected chi connectivity index (χ3v) is 2.84. The van der Waals surface area contributed by atoms with E-state index in [2.05, 4.69) is 11.9 Å². The monoisotopic (exact) mass is 235 g/mol. The van der Waals surface area contributed by atoms with Crippen molar-refractivity contribution in [1.82, 2.24) is 4.98 Å². The van der Waals surface area contributed by atoms with Gasteiger partial charge in [-0.25, -0.2) is 0 Å². The lowest BCUT2D eigenvalue weighted by Crippen LogP contribution is -1.91. The molecule has 1 heterocycles. The molecule has 3 heteroatoms. The molecule has 2 aromatic rings. The molecule has 0 aliphatic heterocycles. The molecular weight excluding hydrogens is 222 g/mol. The molecule has 0 aliphatic carbocycles. The number of pyridine rings is 1. The summed E-state index contributed by atoms with van der Waals surface area (Å²) in [6.45, 7) is 2.13. The van der Waals surface area contributed by atoms with Crippen molar-refractivity contribution in [2.75, 3.05) is 7.11 Å². The number of ether oxygens (including phenoxy) is 1. The fourth-order valence-electron chi connectivity index (χ4n) is 1.73. The zero-order valence-corrected chi connectivity index (χ0v) is 10.2. The maximum atomic E-state index is 6.21.